The maximum atomic E-state index is 13.0. The zero-order valence-corrected chi connectivity index (χ0v) is 18.2. The number of carbonyl (C=O) groups is 1. The minimum Gasteiger partial charge on any atom is -0.324 e. The normalized spacial score (nSPS) is 16.3. The first-order valence-corrected chi connectivity index (χ1v) is 10.9. The molecular weight excluding hydrogens is 473 g/mol. The molecule has 1 aliphatic carbocycles. The van der Waals surface area contributed by atoms with Crippen LogP contribution >= 0.6 is 33.9 Å². The number of amides is 1. The van der Waals surface area contributed by atoms with Crippen LogP contribution < -0.4 is 10.9 Å². The molecule has 1 aromatic carbocycles. The van der Waals surface area contributed by atoms with E-state index in [4.69, 9.17) is 0 Å². The highest BCUT2D eigenvalue weighted by Crippen LogP contribution is 2.35. The number of carbonyl (C=O) groups excluding carboxylic acids is 1. The van der Waals surface area contributed by atoms with Gasteiger partial charge in [0.05, 0.1) is 11.7 Å². The third-order valence-corrected chi connectivity index (χ3v) is 6.89. The molecule has 140 valence electrons. The van der Waals surface area contributed by atoms with Crippen LogP contribution in [0, 0.1) is 16.4 Å². The Morgan fingerprint density at radius 3 is 3.04 bits per heavy atom. The van der Waals surface area contributed by atoms with Crippen molar-refractivity contribution >= 4 is 55.7 Å². The van der Waals surface area contributed by atoms with Crippen molar-refractivity contribution in [1.82, 2.24) is 9.55 Å². The lowest BCUT2D eigenvalue weighted by Crippen LogP contribution is -2.28. The van der Waals surface area contributed by atoms with Crippen LogP contribution in [0.1, 0.15) is 29.3 Å². The van der Waals surface area contributed by atoms with Crippen LogP contribution in [-0.2, 0) is 24.2 Å². The van der Waals surface area contributed by atoms with E-state index < -0.39 is 0 Å². The van der Waals surface area contributed by atoms with Crippen molar-refractivity contribution in [2.75, 3.05) is 5.32 Å². The van der Waals surface area contributed by atoms with E-state index in [0.717, 1.165) is 44.5 Å². The lowest BCUT2D eigenvalue weighted by atomic mass is 9.89. The number of nitrogens with zero attached hydrogens (tertiary/aromatic N) is 2. The zero-order chi connectivity index (χ0) is 19.1. The Balaban J connectivity index is 1.61. The smallest absolute Gasteiger partial charge is 0.262 e. The maximum absolute atomic E-state index is 13.0. The summed E-state index contributed by atoms with van der Waals surface area (Å²) in [4.78, 5) is 32.0. The predicted molar refractivity (Wildman–Crippen MR) is 118 cm³/mol. The number of aromatic nitrogens is 2. The van der Waals surface area contributed by atoms with Gasteiger partial charge in [0.1, 0.15) is 11.4 Å². The summed E-state index contributed by atoms with van der Waals surface area (Å²) in [6.07, 6.45) is 4.53. The van der Waals surface area contributed by atoms with E-state index in [2.05, 4.69) is 39.8 Å². The molecule has 0 spiro atoms. The van der Waals surface area contributed by atoms with Crippen molar-refractivity contribution in [2.24, 2.45) is 5.92 Å². The van der Waals surface area contributed by atoms with E-state index in [0.29, 0.717) is 11.3 Å². The van der Waals surface area contributed by atoms with Gasteiger partial charge in [0.2, 0.25) is 5.91 Å². The van der Waals surface area contributed by atoms with E-state index in [-0.39, 0.29) is 18.0 Å². The molecule has 0 radical (unpaired) electrons. The van der Waals surface area contributed by atoms with Gasteiger partial charge in [-0.05, 0) is 84.0 Å². The number of benzene rings is 1. The molecular formula is C20H20IN3O2S. The minimum atomic E-state index is -0.222. The Morgan fingerprint density at radius 2 is 2.26 bits per heavy atom. The summed E-state index contributed by atoms with van der Waals surface area (Å²) >= 11 is 3.86. The first-order chi connectivity index (χ1) is 12.9. The molecule has 0 fully saturated rings. The molecule has 5 nitrogen and oxygen atoms in total. The number of nitrogens with one attached hydrogen (secondary N) is 1. The second kappa shape index (κ2) is 7.35. The highest BCUT2D eigenvalue weighted by atomic mass is 127. The van der Waals surface area contributed by atoms with Gasteiger partial charge >= 0.3 is 0 Å². The third-order valence-electron chi connectivity index (χ3n) is 5.06. The monoisotopic (exact) mass is 493 g/mol. The fraction of sp³-hybridized carbons (Fsp3) is 0.350. The molecule has 1 unspecified atom stereocenters. The van der Waals surface area contributed by atoms with Gasteiger partial charge in [0, 0.05) is 14.1 Å². The van der Waals surface area contributed by atoms with Crippen LogP contribution in [0.15, 0.2) is 29.3 Å². The van der Waals surface area contributed by atoms with Crippen LogP contribution in [0.5, 0.6) is 0 Å². The van der Waals surface area contributed by atoms with Crippen molar-refractivity contribution in [2.45, 2.75) is 39.7 Å². The van der Waals surface area contributed by atoms with Crippen molar-refractivity contribution < 1.29 is 4.79 Å². The first kappa shape index (κ1) is 18.6. The topological polar surface area (TPSA) is 64.0 Å². The van der Waals surface area contributed by atoms with Crippen LogP contribution in [0.4, 0.5) is 5.69 Å². The SMILES string of the molecule is Cc1cc(I)ccc1NC(=O)Cn1cnc2sc3c(c2c1=O)CCC(C)C3. The molecule has 27 heavy (non-hydrogen) atoms. The summed E-state index contributed by atoms with van der Waals surface area (Å²) in [6.45, 7) is 4.17. The van der Waals surface area contributed by atoms with E-state index in [1.54, 1.807) is 11.3 Å². The average Bonchev–Trinajstić information content (AvgIpc) is 2.98. The lowest BCUT2D eigenvalue weighted by Gasteiger charge is -2.17. The van der Waals surface area contributed by atoms with Crippen molar-refractivity contribution in [3.63, 3.8) is 0 Å². The molecule has 1 N–H and O–H groups in total. The number of thiophene rings is 1. The van der Waals surface area contributed by atoms with Gasteiger partial charge in [-0.1, -0.05) is 6.92 Å². The Hall–Kier alpha value is -1.74. The summed E-state index contributed by atoms with van der Waals surface area (Å²) in [6, 6.07) is 5.84. The van der Waals surface area contributed by atoms with Crippen LogP contribution in [0.25, 0.3) is 10.2 Å². The van der Waals surface area contributed by atoms with Gasteiger partial charge in [-0.15, -0.1) is 11.3 Å². The highest BCUT2D eigenvalue weighted by Gasteiger charge is 2.23. The van der Waals surface area contributed by atoms with Crippen LogP contribution in [0.3, 0.4) is 0 Å². The molecule has 1 atom stereocenters. The molecule has 3 aromatic rings. The standard InChI is InChI=1S/C20H20IN3O2S/c1-11-3-5-14-16(7-11)27-19-18(14)20(26)24(10-22-19)9-17(25)23-15-6-4-13(21)8-12(15)2/h4,6,8,10-11H,3,5,7,9H2,1-2H3,(H,23,25). The molecule has 0 saturated heterocycles. The number of hydrogen-bond donors (Lipinski definition) is 1. The fourth-order valence-electron chi connectivity index (χ4n) is 3.59. The van der Waals surface area contributed by atoms with E-state index >= 15 is 0 Å². The van der Waals surface area contributed by atoms with Crippen LogP contribution in [0.2, 0.25) is 0 Å². The number of aryl methyl sites for hydroxylation is 2. The van der Waals surface area contributed by atoms with E-state index in [1.165, 1.54) is 15.8 Å². The lowest BCUT2D eigenvalue weighted by molar-refractivity contribution is -0.116. The maximum Gasteiger partial charge on any atom is 0.262 e. The Morgan fingerprint density at radius 1 is 1.44 bits per heavy atom. The first-order valence-electron chi connectivity index (χ1n) is 8.98. The fourth-order valence-corrected chi connectivity index (χ4v) is 5.58. The zero-order valence-electron chi connectivity index (χ0n) is 15.2. The number of hydrogen-bond acceptors (Lipinski definition) is 4. The van der Waals surface area contributed by atoms with Gasteiger partial charge in [-0.2, -0.15) is 0 Å². The summed E-state index contributed by atoms with van der Waals surface area (Å²) in [5.41, 5.74) is 2.80. The third kappa shape index (κ3) is 3.67. The molecule has 4 rings (SSSR count). The molecule has 7 heteroatoms. The van der Waals surface area contributed by atoms with E-state index in [9.17, 15) is 9.59 Å². The average molecular weight is 493 g/mol. The highest BCUT2D eigenvalue weighted by molar-refractivity contribution is 14.1. The molecule has 2 heterocycles. The van der Waals surface area contributed by atoms with Gasteiger partial charge in [-0.3, -0.25) is 14.2 Å². The molecule has 2 aromatic heterocycles. The van der Waals surface area contributed by atoms with Gasteiger partial charge < -0.3 is 5.32 Å². The number of rotatable bonds is 3. The van der Waals surface area contributed by atoms with Crippen molar-refractivity contribution in [3.8, 4) is 0 Å². The van der Waals surface area contributed by atoms with Gasteiger partial charge in [0.15, 0.2) is 0 Å². The Labute approximate surface area is 175 Å². The van der Waals surface area contributed by atoms with Crippen LogP contribution in [-0.4, -0.2) is 15.5 Å². The minimum absolute atomic E-state index is 0.0335. The predicted octanol–water partition coefficient (Wildman–Crippen LogP) is 4.13. The second-order valence-electron chi connectivity index (χ2n) is 7.22. The quantitative estimate of drug-likeness (QED) is 0.559. The van der Waals surface area contributed by atoms with Crippen molar-refractivity contribution in [3.05, 3.63) is 54.5 Å². The summed E-state index contributed by atoms with van der Waals surface area (Å²) in [5, 5.41) is 3.61. The summed E-state index contributed by atoms with van der Waals surface area (Å²) in [5.74, 6) is 0.427. The molecule has 0 aliphatic heterocycles. The van der Waals surface area contributed by atoms with Crippen molar-refractivity contribution in [1.29, 1.82) is 0 Å². The van der Waals surface area contributed by atoms with Gasteiger partial charge in [0.25, 0.3) is 5.56 Å². The number of fused-ring (bicyclic) bond motifs is 3. The number of halogens is 1. The summed E-state index contributed by atoms with van der Waals surface area (Å²) < 4.78 is 2.54. The second-order valence-corrected chi connectivity index (χ2v) is 9.55. The molecule has 1 amide bonds. The Kier molecular flexibility index (Phi) is 5.07. The number of anilines is 1. The Bertz CT molecular complexity index is 1100. The largest absolute Gasteiger partial charge is 0.324 e. The molecule has 0 saturated carbocycles. The molecule has 1 aliphatic rings. The van der Waals surface area contributed by atoms with Gasteiger partial charge in [-0.25, -0.2) is 4.98 Å². The molecule has 0 bridgehead atoms. The van der Waals surface area contributed by atoms with E-state index in [1.807, 2.05) is 25.1 Å². The summed E-state index contributed by atoms with van der Waals surface area (Å²) in [7, 11) is 0.